The summed E-state index contributed by atoms with van der Waals surface area (Å²) in [5, 5.41) is 11.5. The summed E-state index contributed by atoms with van der Waals surface area (Å²) in [5.74, 6) is -1.04. The Kier molecular flexibility index (Phi) is 4.30. The second-order valence-electron chi connectivity index (χ2n) is 4.89. The van der Waals surface area contributed by atoms with E-state index in [0.717, 1.165) is 5.69 Å². The van der Waals surface area contributed by atoms with Gasteiger partial charge in [-0.25, -0.2) is 9.78 Å². The molecule has 7 heteroatoms. The number of amides is 2. The van der Waals surface area contributed by atoms with Crippen LogP contribution in [-0.4, -0.2) is 44.1 Å². The molecule has 1 aromatic heterocycles. The SMILES string of the molecule is CC(C)(C)N(CC(=O)O)C(=O)NCc1cnc[nH]1. The second kappa shape index (κ2) is 5.52. The Labute approximate surface area is 105 Å². The van der Waals surface area contributed by atoms with Crippen molar-refractivity contribution in [3.8, 4) is 0 Å². The maximum Gasteiger partial charge on any atom is 0.323 e. The number of rotatable bonds is 4. The Balaban J connectivity index is 2.62. The molecule has 18 heavy (non-hydrogen) atoms. The van der Waals surface area contributed by atoms with Crippen LogP contribution in [0.4, 0.5) is 4.79 Å². The number of nitrogens with one attached hydrogen (secondary N) is 2. The van der Waals surface area contributed by atoms with E-state index < -0.39 is 17.5 Å². The molecular formula is C11H18N4O3. The zero-order valence-electron chi connectivity index (χ0n) is 10.7. The lowest BCUT2D eigenvalue weighted by molar-refractivity contribution is -0.138. The van der Waals surface area contributed by atoms with Crippen molar-refractivity contribution in [1.82, 2.24) is 20.2 Å². The van der Waals surface area contributed by atoms with E-state index in [1.54, 1.807) is 27.0 Å². The first-order valence-electron chi connectivity index (χ1n) is 5.55. The molecule has 0 bridgehead atoms. The van der Waals surface area contributed by atoms with Gasteiger partial charge in [0, 0.05) is 11.7 Å². The molecular weight excluding hydrogens is 236 g/mol. The van der Waals surface area contributed by atoms with E-state index in [4.69, 9.17) is 5.11 Å². The van der Waals surface area contributed by atoms with Gasteiger partial charge < -0.3 is 20.3 Å². The van der Waals surface area contributed by atoms with Crippen molar-refractivity contribution in [2.75, 3.05) is 6.54 Å². The van der Waals surface area contributed by atoms with Gasteiger partial charge in [0.1, 0.15) is 6.54 Å². The highest BCUT2D eigenvalue weighted by molar-refractivity contribution is 5.80. The summed E-state index contributed by atoms with van der Waals surface area (Å²) < 4.78 is 0. The fourth-order valence-electron chi connectivity index (χ4n) is 1.40. The van der Waals surface area contributed by atoms with Gasteiger partial charge in [-0.2, -0.15) is 0 Å². The lowest BCUT2D eigenvalue weighted by Crippen LogP contribution is -2.52. The van der Waals surface area contributed by atoms with Gasteiger partial charge in [0.2, 0.25) is 0 Å². The zero-order valence-corrected chi connectivity index (χ0v) is 10.7. The van der Waals surface area contributed by atoms with Crippen molar-refractivity contribution in [3.05, 3.63) is 18.2 Å². The topological polar surface area (TPSA) is 98.3 Å². The van der Waals surface area contributed by atoms with Gasteiger partial charge in [0.05, 0.1) is 18.6 Å². The van der Waals surface area contributed by atoms with Crippen LogP contribution in [0.5, 0.6) is 0 Å². The summed E-state index contributed by atoms with van der Waals surface area (Å²) in [6.45, 7) is 5.30. The monoisotopic (exact) mass is 254 g/mol. The fraction of sp³-hybridized carbons (Fsp3) is 0.545. The van der Waals surface area contributed by atoms with Crippen LogP contribution in [0.3, 0.4) is 0 Å². The number of carboxylic acids is 1. The van der Waals surface area contributed by atoms with Gasteiger partial charge in [-0.05, 0) is 20.8 Å². The molecule has 2 amide bonds. The summed E-state index contributed by atoms with van der Waals surface area (Å²) in [6.07, 6.45) is 3.11. The molecule has 0 atom stereocenters. The summed E-state index contributed by atoms with van der Waals surface area (Å²) in [6, 6.07) is -0.417. The number of hydrogen-bond acceptors (Lipinski definition) is 3. The van der Waals surface area contributed by atoms with Crippen LogP contribution in [0.1, 0.15) is 26.5 Å². The van der Waals surface area contributed by atoms with Crippen LogP contribution in [0.15, 0.2) is 12.5 Å². The molecule has 0 fully saturated rings. The highest BCUT2D eigenvalue weighted by Crippen LogP contribution is 2.13. The van der Waals surface area contributed by atoms with Gasteiger partial charge in [-0.3, -0.25) is 4.79 Å². The number of carboxylic acid groups (broad SMARTS) is 1. The molecule has 1 aromatic rings. The van der Waals surface area contributed by atoms with Gasteiger partial charge in [-0.1, -0.05) is 0 Å². The van der Waals surface area contributed by atoms with Crippen LogP contribution in [-0.2, 0) is 11.3 Å². The van der Waals surface area contributed by atoms with E-state index in [0.29, 0.717) is 0 Å². The molecule has 1 rings (SSSR count). The van der Waals surface area contributed by atoms with Crippen molar-refractivity contribution >= 4 is 12.0 Å². The van der Waals surface area contributed by atoms with Crippen LogP contribution in [0, 0.1) is 0 Å². The molecule has 0 radical (unpaired) electrons. The first-order chi connectivity index (χ1) is 8.30. The van der Waals surface area contributed by atoms with Crippen LogP contribution < -0.4 is 5.32 Å². The average Bonchev–Trinajstić information content (AvgIpc) is 2.73. The largest absolute Gasteiger partial charge is 0.480 e. The molecule has 0 spiro atoms. The quantitative estimate of drug-likeness (QED) is 0.740. The molecule has 0 aromatic carbocycles. The lowest BCUT2D eigenvalue weighted by Gasteiger charge is -2.34. The third kappa shape index (κ3) is 4.08. The Morgan fingerprint density at radius 3 is 2.61 bits per heavy atom. The fourth-order valence-corrected chi connectivity index (χ4v) is 1.40. The summed E-state index contributed by atoms with van der Waals surface area (Å²) in [7, 11) is 0. The number of urea groups is 1. The summed E-state index contributed by atoms with van der Waals surface area (Å²) >= 11 is 0. The van der Waals surface area contributed by atoms with Crippen molar-refractivity contribution < 1.29 is 14.7 Å². The molecule has 3 N–H and O–H groups in total. The van der Waals surface area contributed by atoms with Gasteiger partial charge in [0.15, 0.2) is 0 Å². The van der Waals surface area contributed by atoms with E-state index in [2.05, 4.69) is 15.3 Å². The first kappa shape index (κ1) is 14.0. The lowest BCUT2D eigenvalue weighted by atomic mass is 10.1. The standard InChI is InChI=1S/C11H18N4O3/c1-11(2,3)15(6-9(16)17)10(18)13-5-8-4-12-7-14-8/h4,7H,5-6H2,1-3H3,(H,12,14)(H,13,18)(H,16,17). The Morgan fingerprint density at radius 1 is 1.50 bits per heavy atom. The van der Waals surface area contributed by atoms with Crippen LogP contribution >= 0.6 is 0 Å². The number of carbonyl (C=O) groups excluding carboxylic acids is 1. The minimum absolute atomic E-state index is 0.283. The molecule has 0 unspecified atom stereocenters. The predicted molar refractivity (Wildman–Crippen MR) is 64.9 cm³/mol. The van der Waals surface area contributed by atoms with E-state index in [1.165, 1.54) is 11.2 Å². The minimum atomic E-state index is -1.04. The van der Waals surface area contributed by atoms with Crippen LogP contribution in [0.2, 0.25) is 0 Å². The minimum Gasteiger partial charge on any atom is -0.480 e. The van der Waals surface area contributed by atoms with Gasteiger partial charge in [0.25, 0.3) is 0 Å². The smallest absolute Gasteiger partial charge is 0.323 e. The van der Waals surface area contributed by atoms with Crippen molar-refractivity contribution in [2.24, 2.45) is 0 Å². The van der Waals surface area contributed by atoms with E-state index in [1.807, 2.05) is 0 Å². The number of carbonyl (C=O) groups is 2. The highest BCUT2D eigenvalue weighted by atomic mass is 16.4. The van der Waals surface area contributed by atoms with E-state index in [-0.39, 0.29) is 13.1 Å². The highest BCUT2D eigenvalue weighted by Gasteiger charge is 2.28. The zero-order chi connectivity index (χ0) is 13.8. The third-order valence-corrected chi connectivity index (χ3v) is 2.33. The van der Waals surface area contributed by atoms with E-state index in [9.17, 15) is 9.59 Å². The van der Waals surface area contributed by atoms with Crippen LogP contribution in [0.25, 0.3) is 0 Å². The Morgan fingerprint density at radius 2 is 2.17 bits per heavy atom. The van der Waals surface area contributed by atoms with Gasteiger partial charge in [-0.15, -0.1) is 0 Å². The molecule has 7 nitrogen and oxygen atoms in total. The van der Waals surface area contributed by atoms with Gasteiger partial charge >= 0.3 is 12.0 Å². The molecule has 0 saturated carbocycles. The number of hydrogen-bond donors (Lipinski definition) is 3. The first-order valence-corrected chi connectivity index (χ1v) is 5.55. The maximum absolute atomic E-state index is 11.9. The predicted octanol–water partition coefficient (Wildman–Crippen LogP) is 0.804. The molecule has 0 aliphatic carbocycles. The number of aromatic nitrogens is 2. The Hall–Kier alpha value is -2.05. The molecule has 1 heterocycles. The van der Waals surface area contributed by atoms with Crippen molar-refractivity contribution in [3.63, 3.8) is 0 Å². The number of H-pyrrole nitrogens is 1. The molecule has 0 aliphatic heterocycles. The van der Waals surface area contributed by atoms with Crippen molar-refractivity contribution in [2.45, 2.75) is 32.9 Å². The number of aromatic amines is 1. The molecule has 100 valence electrons. The maximum atomic E-state index is 11.9. The normalized spacial score (nSPS) is 11.1. The molecule has 0 aliphatic rings. The Bertz CT molecular complexity index is 408. The summed E-state index contributed by atoms with van der Waals surface area (Å²) in [4.78, 5) is 30.6. The number of imidazole rings is 1. The second-order valence-corrected chi connectivity index (χ2v) is 4.89. The average molecular weight is 254 g/mol. The summed E-state index contributed by atoms with van der Waals surface area (Å²) in [5.41, 5.74) is 0.198. The van der Waals surface area contributed by atoms with Crippen molar-refractivity contribution in [1.29, 1.82) is 0 Å². The third-order valence-electron chi connectivity index (χ3n) is 2.33. The number of aliphatic carboxylic acids is 1. The molecule has 0 saturated heterocycles. The van der Waals surface area contributed by atoms with E-state index >= 15 is 0 Å². The number of nitrogens with zero attached hydrogens (tertiary/aromatic N) is 2.